The molecule has 0 saturated heterocycles. The molecule has 1 heterocycles. The van der Waals surface area contributed by atoms with E-state index in [4.69, 9.17) is 9.47 Å². The highest BCUT2D eigenvalue weighted by molar-refractivity contribution is 7.11. The van der Waals surface area contributed by atoms with Gasteiger partial charge in [-0.25, -0.2) is 9.37 Å². The van der Waals surface area contributed by atoms with E-state index in [0.717, 1.165) is 16.8 Å². The zero-order valence-electron chi connectivity index (χ0n) is 15.6. The van der Waals surface area contributed by atoms with Crippen molar-refractivity contribution in [1.29, 1.82) is 5.26 Å². The minimum Gasteiger partial charge on any atom is -0.493 e. The minimum atomic E-state index is -0.343. The van der Waals surface area contributed by atoms with Crippen LogP contribution in [0.5, 0.6) is 11.5 Å². The van der Waals surface area contributed by atoms with E-state index in [1.54, 1.807) is 26.5 Å². The second kappa shape index (κ2) is 8.55. The number of nitrogens with zero attached hydrogens (tertiary/aromatic N) is 2. The maximum Gasteiger partial charge on any atom is 0.161 e. The predicted molar refractivity (Wildman–Crippen MR) is 109 cm³/mol. The fourth-order valence-corrected chi connectivity index (χ4v) is 3.36. The molecule has 0 atom stereocenters. The largest absolute Gasteiger partial charge is 0.493 e. The smallest absolute Gasteiger partial charge is 0.161 e. The number of allylic oxidation sites excluding steroid dienone is 1. The summed E-state index contributed by atoms with van der Waals surface area (Å²) in [4.78, 5) is 4.55. The summed E-state index contributed by atoms with van der Waals surface area (Å²) in [6, 6.07) is 12.1. The number of hydrogen-bond donors (Lipinski definition) is 1. The van der Waals surface area contributed by atoms with Crippen LogP contribution in [-0.2, 0) is 0 Å². The summed E-state index contributed by atoms with van der Waals surface area (Å²) >= 11 is 1.35. The monoisotopic (exact) mass is 395 g/mol. The fourth-order valence-electron chi connectivity index (χ4n) is 2.57. The molecule has 0 aliphatic heterocycles. The molecule has 0 spiro atoms. The zero-order valence-corrected chi connectivity index (χ0v) is 16.4. The third-order valence-electron chi connectivity index (χ3n) is 4.11. The van der Waals surface area contributed by atoms with Gasteiger partial charge in [-0.3, -0.25) is 0 Å². The molecule has 0 aliphatic carbocycles. The van der Waals surface area contributed by atoms with Gasteiger partial charge in [-0.15, -0.1) is 11.3 Å². The second-order valence-electron chi connectivity index (χ2n) is 5.88. The van der Waals surface area contributed by atoms with Gasteiger partial charge in [-0.05, 0) is 42.8 Å². The highest BCUT2D eigenvalue weighted by Gasteiger charge is 2.12. The number of thiazole rings is 1. The molecule has 1 aromatic heterocycles. The first-order valence-corrected chi connectivity index (χ1v) is 9.25. The summed E-state index contributed by atoms with van der Waals surface area (Å²) in [5.41, 5.74) is 3.42. The van der Waals surface area contributed by atoms with Crippen molar-refractivity contribution in [3.05, 3.63) is 64.4 Å². The van der Waals surface area contributed by atoms with E-state index < -0.39 is 0 Å². The van der Waals surface area contributed by atoms with Crippen molar-refractivity contribution in [2.45, 2.75) is 6.92 Å². The van der Waals surface area contributed by atoms with Crippen LogP contribution in [-0.4, -0.2) is 19.2 Å². The summed E-state index contributed by atoms with van der Waals surface area (Å²) in [5.74, 6) is 0.896. The summed E-state index contributed by atoms with van der Waals surface area (Å²) < 4.78 is 24.0. The van der Waals surface area contributed by atoms with Crippen molar-refractivity contribution in [2.24, 2.45) is 0 Å². The van der Waals surface area contributed by atoms with Crippen LogP contribution in [0.4, 0.5) is 10.1 Å². The molecule has 2 aromatic carbocycles. The van der Waals surface area contributed by atoms with Crippen LogP contribution in [0, 0.1) is 24.1 Å². The number of benzene rings is 2. The van der Waals surface area contributed by atoms with Gasteiger partial charge >= 0.3 is 0 Å². The first-order chi connectivity index (χ1) is 13.5. The summed E-state index contributed by atoms with van der Waals surface area (Å²) in [6.45, 7) is 1.86. The molecule has 0 bridgehead atoms. The van der Waals surface area contributed by atoms with Gasteiger partial charge in [0.05, 0.1) is 19.9 Å². The molecule has 0 radical (unpaired) electrons. The van der Waals surface area contributed by atoms with Gasteiger partial charge < -0.3 is 14.8 Å². The first-order valence-electron chi connectivity index (χ1n) is 8.37. The lowest BCUT2D eigenvalue weighted by Gasteiger charge is -2.08. The minimum absolute atomic E-state index is 0.343. The quantitative estimate of drug-likeness (QED) is 0.577. The van der Waals surface area contributed by atoms with Crippen molar-refractivity contribution in [1.82, 2.24) is 4.98 Å². The second-order valence-corrected chi connectivity index (χ2v) is 6.74. The molecule has 28 heavy (non-hydrogen) atoms. The Bertz CT molecular complexity index is 1070. The zero-order chi connectivity index (χ0) is 20.1. The molecule has 5 nitrogen and oxygen atoms in total. The molecule has 7 heteroatoms. The highest BCUT2D eigenvalue weighted by atomic mass is 32.1. The summed E-state index contributed by atoms with van der Waals surface area (Å²) in [5, 5.41) is 14.9. The number of ether oxygens (including phenoxy) is 2. The lowest BCUT2D eigenvalue weighted by atomic mass is 10.1. The van der Waals surface area contributed by atoms with Crippen LogP contribution in [0.3, 0.4) is 0 Å². The van der Waals surface area contributed by atoms with E-state index in [9.17, 15) is 9.65 Å². The summed E-state index contributed by atoms with van der Waals surface area (Å²) in [6.07, 6.45) is 1.54. The normalized spacial score (nSPS) is 11.0. The first kappa shape index (κ1) is 19.4. The number of anilines is 1. The molecule has 0 unspecified atom stereocenters. The number of nitrogens with one attached hydrogen (secondary N) is 1. The van der Waals surface area contributed by atoms with Crippen molar-refractivity contribution in [3.8, 4) is 28.8 Å². The van der Waals surface area contributed by atoms with Crippen molar-refractivity contribution >= 4 is 22.6 Å². The number of aromatic nitrogens is 1. The molecular formula is C21H18FN3O2S. The van der Waals surface area contributed by atoms with Crippen molar-refractivity contribution < 1.29 is 13.9 Å². The number of nitriles is 1. The van der Waals surface area contributed by atoms with E-state index >= 15 is 0 Å². The Balaban J connectivity index is 1.87. The Kier molecular flexibility index (Phi) is 5.92. The molecule has 142 valence electrons. The number of aryl methyl sites for hydroxylation is 1. The number of rotatable bonds is 6. The number of methoxy groups -OCH3 is 2. The van der Waals surface area contributed by atoms with Crippen molar-refractivity contribution in [3.63, 3.8) is 0 Å². The maximum atomic E-state index is 13.4. The van der Waals surface area contributed by atoms with Gasteiger partial charge in [0.2, 0.25) is 0 Å². The number of hydrogen-bond acceptors (Lipinski definition) is 6. The lowest BCUT2D eigenvalue weighted by Crippen LogP contribution is -1.94. The molecule has 0 aliphatic rings. The van der Waals surface area contributed by atoms with Crippen LogP contribution in [0.2, 0.25) is 0 Å². The highest BCUT2D eigenvalue weighted by Crippen LogP contribution is 2.33. The molecule has 3 rings (SSSR count). The predicted octanol–water partition coefficient (Wildman–Crippen LogP) is 5.25. The van der Waals surface area contributed by atoms with E-state index in [1.165, 1.54) is 23.5 Å². The molecule has 3 aromatic rings. The van der Waals surface area contributed by atoms with Gasteiger partial charge in [-0.1, -0.05) is 6.07 Å². The Morgan fingerprint density at radius 1 is 1.18 bits per heavy atom. The maximum absolute atomic E-state index is 13.4. The molecule has 0 fully saturated rings. The molecule has 1 N–H and O–H groups in total. The SMILES string of the molecule is COc1ccc(-c2csc(/C(C#N)=C/Nc3cc(F)ccc3C)n2)cc1OC. The van der Waals surface area contributed by atoms with Crippen LogP contribution in [0.1, 0.15) is 10.6 Å². The Labute approximate surface area is 166 Å². The van der Waals surface area contributed by atoms with E-state index in [1.807, 2.05) is 30.5 Å². The number of halogens is 1. The van der Waals surface area contributed by atoms with Crippen LogP contribution < -0.4 is 14.8 Å². The third kappa shape index (κ3) is 4.13. The lowest BCUT2D eigenvalue weighted by molar-refractivity contribution is 0.355. The van der Waals surface area contributed by atoms with Gasteiger partial charge in [0.1, 0.15) is 22.5 Å². The average molecular weight is 395 g/mol. The average Bonchev–Trinajstić information content (AvgIpc) is 3.20. The van der Waals surface area contributed by atoms with Crippen LogP contribution in [0.25, 0.3) is 16.8 Å². The Hall–Kier alpha value is -3.37. The van der Waals surface area contributed by atoms with Crippen LogP contribution in [0.15, 0.2) is 48.0 Å². The van der Waals surface area contributed by atoms with Crippen molar-refractivity contribution in [2.75, 3.05) is 19.5 Å². The summed E-state index contributed by atoms with van der Waals surface area (Å²) in [7, 11) is 3.15. The molecule has 0 saturated carbocycles. The standard InChI is InChI=1S/C21H18FN3O2S/c1-13-4-6-16(22)9-17(13)24-11-15(10-23)21-25-18(12-28-21)14-5-7-19(26-2)20(8-14)27-3/h4-9,11-12,24H,1-3H3/b15-11+. The topological polar surface area (TPSA) is 67.2 Å². The molecule has 0 amide bonds. The van der Waals surface area contributed by atoms with Crippen LogP contribution >= 0.6 is 11.3 Å². The van der Waals surface area contributed by atoms with Gasteiger partial charge in [0.15, 0.2) is 11.5 Å². The fraction of sp³-hybridized carbons (Fsp3) is 0.143. The van der Waals surface area contributed by atoms with E-state index in [-0.39, 0.29) is 5.82 Å². The van der Waals surface area contributed by atoms with E-state index in [0.29, 0.717) is 27.8 Å². The van der Waals surface area contributed by atoms with Gasteiger partial charge in [-0.2, -0.15) is 5.26 Å². The van der Waals surface area contributed by atoms with Gasteiger partial charge in [0, 0.05) is 22.8 Å². The van der Waals surface area contributed by atoms with Gasteiger partial charge in [0.25, 0.3) is 0 Å². The Morgan fingerprint density at radius 2 is 1.96 bits per heavy atom. The Morgan fingerprint density at radius 3 is 2.68 bits per heavy atom. The third-order valence-corrected chi connectivity index (χ3v) is 4.98. The van der Waals surface area contributed by atoms with E-state index in [2.05, 4.69) is 16.4 Å². The molecular weight excluding hydrogens is 377 g/mol.